The SMILES string of the molecule is CCOc1ccc(C(O)C(C)CN2CCNCC2)c2cccnc12. The van der Waals surface area contributed by atoms with Crippen LogP contribution in [0.25, 0.3) is 10.9 Å². The summed E-state index contributed by atoms with van der Waals surface area (Å²) in [5.74, 6) is 0.934. The average Bonchev–Trinajstić information content (AvgIpc) is 2.62. The number of ether oxygens (including phenoxy) is 1. The minimum atomic E-state index is -0.512. The number of nitrogens with one attached hydrogen (secondary N) is 1. The van der Waals surface area contributed by atoms with Crippen molar-refractivity contribution in [3.63, 3.8) is 0 Å². The highest BCUT2D eigenvalue weighted by Gasteiger charge is 2.23. The number of piperazine rings is 1. The molecule has 2 aromatic rings. The minimum absolute atomic E-state index is 0.157. The number of aliphatic hydroxyl groups is 1. The zero-order valence-electron chi connectivity index (χ0n) is 14.5. The number of aromatic nitrogens is 1. The molecule has 0 bridgehead atoms. The molecule has 1 aromatic carbocycles. The number of nitrogens with zero attached hydrogens (tertiary/aromatic N) is 2. The molecule has 24 heavy (non-hydrogen) atoms. The van der Waals surface area contributed by atoms with Gasteiger partial charge in [0.1, 0.15) is 11.3 Å². The summed E-state index contributed by atoms with van der Waals surface area (Å²) in [6.45, 7) is 9.73. The fourth-order valence-electron chi connectivity index (χ4n) is 3.41. The maximum absolute atomic E-state index is 10.9. The Morgan fingerprint density at radius 3 is 2.83 bits per heavy atom. The molecular formula is C19H27N3O2. The molecule has 2 unspecified atom stereocenters. The largest absolute Gasteiger partial charge is 0.492 e. The molecule has 1 fully saturated rings. The van der Waals surface area contributed by atoms with Crippen LogP contribution in [0.1, 0.15) is 25.5 Å². The smallest absolute Gasteiger partial charge is 0.145 e. The normalized spacial score (nSPS) is 18.5. The van der Waals surface area contributed by atoms with Gasteiger partial charge in [-0.05, 0) is 30.5 Å². The van der Waals surface area contributed by atoms with Crippen molar-refractivity contribution in [2.45, 2.75) is 20.0 Å². The molecule has 1 aliphatic heterocycles. The first kappa shape index (κ1) is 17.1. The van der Waals surface area contributed by atoms with Gasteiger partial charge < -0.3 is 20.1 Å². The number of rotatable bonds is 6. The third-order valence-corrected chi connectivity index (χ3v) is 4.68. The Morgan fingerprint density at radius 1 is 1.29 bits per heavy atom. The average molecular weight is 329 g/mol. The van der Waals surface area contributed by atoms with Crippen LogP contribution in [0.4, 0.5) is 0 Å². The highest BCUT2D eigenvalue weighted by atomic mass is 16.5. The van der Waals surface area contributed by atoms with Crippen molar-refractivity contribution in [3.8, 4) is 5.75 Å². The van der Waals surface area contributed by atoms with Gasteiger partial charge >= 0.3 is 0 Å². The first-order valence-electron chi connectivity index (χ1n) is 8.82. The molecule has 2 heterocycles. The van der Waals surface area contributed by atoms with E-state index in [0.29, 0.717) is 6.61 Å². The van der Waals surface area contributed by atoms with Crippen molar-refractivity contribution in [2.24, 2.45) is 5.92 Å². The molecular weight excluding hydrogens is 302 g/mol. The number of hydrogen-bond donors (Lipinski definition) is 2. The lowest BCUT2D eigenvalue weighted by Crippen LogP contribution is -2.45. The second-order valence-corrected chi connectivity index (χ2v) is 6.46. The molecule has 5 heteroatoms. The summed E-state index contributed by atoms with van der Waals surface area (Å²) in [5.41, 5.74) is 1.76. The number of pyridine rings is 1. The van der Waals surface area contributed by atoms with Crippen LogP contribution in [0.15, 0.2) is 30.5 Å². The molecule has 130 valence electrons. The first-order valence-corrected chi connectivity index (χ1v) is 8.82. The van der Waals surface area contributed by atoms with Gasteiger partial charge in [-0.2, -0.15) is 0 Å². The molecule has 1 aromatic heterocycles. The second-order valence-electron chi connectivity index (χ2n) is 6.46. The number of fused-ring (bicyclic) bond motifs is 1. The highest BCUT2D eigenvalue weighted by Crippen LogP contribution is 2.33. The van der Waals surface area contributed by atoms with Crippen LogP contribution in [0.2, 0.25) is 0 Å². The Morgan fingerprint density at radius 2 is 2.08 bits per heavy atom. The van der Waals surface area contributed by atoms with Crippen molar-refractivity contribution in [2.75, 3.05) is 39.3 Å². The van der Waals surface area contributed by atoms with E-state index >= 15 is 0 Å². The van der Waals surface area contributed by atoms with Crippen LogP contribution in [0, 0.1) is 5.92 Å². The zero-order chi connectivity index (χ0) is 16.9. The van der Waals surface area contributed by atoms with Gasteiger partial charge in [-0.3, -0.25) is 4.98 Å². The molecule has 0 spiro atoms. The Kier molecular flexibility index (Phi) is 5.66. The topological polar surface area (TPSA) is 57.6 Å². The molecule has 0 aliphatic carbocycles. The van der Waals surface area contributed by atoms with Crippen LogP contribution in [0.5, 0.6) is 5.75 Å². The Bertz CT molecular complexity index is 671. The van der Waals surface area contributed by atoms with Crippen molar-refractivity contribution in [1.29, 1.82) is 0 Å². The lowest BCUT2D eigenvalue weighted by Gasteiger charge is -2.31. The van der Waals surface area contributed by atoms with E-state index < -0.39 is 6.10 Å². The minimum Gasteiger partial charge on any atom is -0.492 e. The fraction of sp³-hybridized carbons (Fsp3) is 0.526. The standard InChI is InChI=1S/C19H27N3O2/c1-3-24-17-7-6-16(15-5-4-8-21-18(15)17)19(23)14(2)13-22-11-9-20-10-12-22/h4-8,14,19-20,23H,3,9-13H2,1-2H3. The van der Waals surface area contributed by atoms with Crippen LogP contribution < -0.4 is 10.1 Å². The maximum Gasteiger partial charge on any atom is 0.145 e. The van der Waals surface area contributed by atoms with Gasteiger partial charge in [0.05, 0.1) is 12.7 Å². The van der Waals surface area contributed by atoms with Gasteiger partial charge in [-0.15, -0.1) is 0 Å². The predicted molar refractivity (Wildman–Crippen MR) is 96.3 cm³/mol. The summed E-state index contributed by atoms with van der Waals surface area (Å²) in [5, 5.41) is 15.3. The number of aliphatic hydroxyl groups excluding tert-OH is 1. The summed E-state index contributed by atoms with van der Waals surface area (Å²) in [6, 6.07) is 7.83. The van der Waals surface area contributed by atoms with Crippen molar-refractivity contribution in [3.05, 3.63) is 36.0 Å². The van der Waals surface area contributed by atoms with E-state index in [1.165, 1.54) is 0 Å². The van der Waals surface area contributed by atoms with Crippen molar-refractivity contribution >= 4 is 10.9 Å². The Hall–Kier alpha value is -1.69. The summed E-state index contributed by atoms with van der Waals surface area (Å²) in [6.07, 6.45) is 1.26. The van der Waals surface area contributed by atoms with Crippen LogP contribution in [0.3, 0.4) is 0 Å². The van der Waals surface area contributed by atoms with E-state index in [-0.39, 0.29) is 5.92 Å². The van der Waals surface area contributed by atoms with Crippen LogP contribution >= 0.6 is 0 Å². The van der Waals surface area contributed by atoms with E-state index in [4.69, 9.17) is 4.74 Å². The van der Waals surface area contributed by atoms with E-state index in [0.717, 1.165) is 54.9 Å². The first-order chi connectivity index (χ1) is 11.7. The van der Waals surface area contributed by atoms with Gasteiger partial charge in [0.2, 0.25) is 0 Å². The van der Waals surface area contributed by atoms with Gasteiger partial charge in [-0.25, -0.2) is 0 Å². The number of benzene rings is 1. The molecule has 0 amide bonds. The van der Waals surface area contributed by atoms with Gasteiger partial charge in [-0.1, -0.05) is 19.1 Å². The molecule has 2 atom stereocenters. The predicted octanol–water partition coefficient (Wildman–Crippen LogP) is 2.21. The zero-order valence-corrected chi connectivity index (χ0v) is 14.5. The van der Waals surface area contributed by atoms with E-state index in [9.17, 15) is 5.11 Å². The third-order valence-electron chi connectivity index (χ3n) is 4.68. The lowest BCUT2D eigenvalue weighted by molar-refractivity contribution is 0.0852. The van der Waals surface area contributed by atoms with Gasteiger partial charge in [0, 0.05) is 44.3 Å². The molecule has 3 rings (SSSR count). The van der Waals surface area contributed by atoms with E-state index in [2.05, 4.69) is 22.1 Å². The maximum atomic E-state index is 10.9. The third kappa shape index (κ3) is 3.69. The van der Waals surface area contributed by atoms with Gasteiger partial charge in [0.15, 0.2) is 0 Å². The van der Waals surface area contributed by atoms with Crippen LogP contribution in [-0.2, 0) is 0 Å². The molecule has 0 saturated carbocycles. The molecule has 1 saturated heterocycles. The van der Waals surface area contributed by atoms with Crippen molar-refractivity contribution in [1.82, 2.24) is 15.2 Å². The molecule has 2 N–H and O–H groups in total. The summed E-state index contributed by atoms with van der Waals surface area (Å²) in [4.78, 5) is 6.88. The molecule has 1 aliphatic rings. The van der Waals surface area contributed by atoms with E-state index in [1.54, 1.807) is 6.20 Å². The lowest BCUT2D eigenvalue weighted by atomic mass is 9.93. The Balaban J connectivity index is 1.83. The summed E-state index contributed by atoms with van der Waals surface area (Å²) >= 11 is 0. The molecule has 5 nitrogen and oxygen atoms in total. The molecule has 0 radical (unpaired) electrons. The summed E-state index contributed by atoms with van der Waals surface area (Å²) in [7, 11) is 0. The monoisotopic (exact) mass is 329 g/mol. The van der Waals surface area contributed by atoms with Crippen molar-refractivity contribution < 1.29 is 9.84 Å². The van der Waals surface area contributed by atoms with E-state index in [1.807, 2.05) is 31.2 Å². The highest BCUT2D eigenvalue weighted by molar-refractivity contribution is 5.87. The Labute approximate surface area is 143 Å². The fourth-order valence-corrected chi connectivity index (χ4v) is 3.41. The second kappa shape index (κ2) is 7.92. The number of hydrogen-bond acceptors (Lipinski definition) is 5. The summed E-state index contributed by atoms with van der Waals surface area (Å²) < 4.78 is 5.68. The van der Waals surface area contributed by atoms with Crippen LogP contribution in [-0.4, -0.2) is 54.3 Å². The quantitative estimate of drug-likeness (QED) is 0.851. The van der Waals surface area contributed by atoms with Gasteiger partial charge in [0.25, 0.3) is 0 Å².